The summed E-state index contributed by atoms with van der Waals surface area (Å²) in [7, 11) is -1.81. The van der Waals surface area contributed by atoms with Gasteiger partial charge in [-0.25, -0.2) is 13.1 Å². The molecule has 98 valence electrons. The van der Waals surface area contributed by atoms with E-state index in [1.54, 1.807) is 7.05 Å². The molecule has 6 nitrogen and oxygen atoms in total. The van der Waals surface area contributed by atoms with E-state index < -0.39 is 10.0 Å². The van der Waals surface area contributed by atoms with Gasteiger partial charge in [0, 0.05) is 19.6 Å². The van der Waals surface area contributed by atoms with Gasteiger partial charge in [-0.1, -0.05) is 0 Å². The van der Waals surface area contributed by atoms with Crippen LogP contribution in [0.3, 0.4) is 0 Å². The molecule has 0 saturated carbocycles. The Morgan fingerprint density at radius 1 is 1.65 bits per heavy atom. The first-order chi connectivity index (χ1) is 7.59. The van der Waals surface area contributed by atoms with Crippen LogP contribution in [-0.4, -0.2) is 37.3 Å². The SMILES string of the molecule is Cl.Cn1nccc1S(=O)(=O)NCC1CCCN1. The predicted molar refractivity (Wildman–Crippen MR) is 66.7 cm³/mol. The molecular formula is C9H17ClN4O2S. The van der Waals surface area contributed by atoms with E-state index in [1.165, 1.54) is 16.9 Å². The van der Waals surface area contributed by atoms with Crippen LogP contribution in [0.1, 0.15) is 12.8 Å². The Kier molecular flexibility index (Phi) is 4.93. The predicted octanol–water partition coefficient (Wildman–Crippen LogP) is -0.128. The fraction of sp³-hybridized carbons (Fsp3) is 0.667. The maximum atomic E-state index is 11.9. The quantitative estimate of drug-likeness (QED) is 0.806. The number of nitrogens with one attached hydrogen (secondary N) is 2. The Morgan fingerprint density at radius 2 is 2.41 bits per heavy atom. The van der Waals surface area contributed by atoms with E-state index in [0.29, 0.717) is 6.54 Å². The highest BCUT2D eigenvalue weighted by molar-refractivity contribution is 7.89. The van der Waals surface area contributed by atoms with Crippen LogP contribution in [0.15, 0.2) is 17.3 Å². The summed E-state index contributed by atoms with van der Waals surface area (Å²) in [6, 6.07) is 1.74. The second-order valence-electron chi connectivity index (χ2n) is 3.94. The molecule has 1 fully saturated rings. The number of sulfonamides is 1. The zero-order valence-electron chi connectivity index (χ0n) is 9.59. The van der Waals surface area contributed by atoms with Gasteiger partial charge in [0.15, 0.2) is 5.03 Å². The first kappa shape index (κ1) is 14.4. The van der Waals surface area contributed by atoms with Crippen molar-refractivity contribution in [3.8, 4) is 0 Å². The van der Waals surface area contributed by atoms with E-state index in [-0.39, 0.29) is 23.5 Å². The lowest BCUT2D eigenvalue weighted by atomic mass is 10.2. The highest BCUT2D eigenvalue weighted by atomic mass is 35.5. The molecule has 0 aromatic carbocycles. The standard InChI is InChI=1S/C9H16N4O2S.ClH/c1-13-9(4-6-11-13)16(14,15)12-7-8-3-2-5-10-8;/h4,6,8,10,12H,2-3,5,7H2,1H3;1H. The maximum absolute atomic E-state index is 11.9. The van der Waals surface area contributed by atoms with Gasteiger partial charge in [-0.15, -0.1) is 12.4 Å². The number of hydrogen-bond donors (Lipinski definition) is 2. The molecule has 1 unspecified atom stereocenters. The second-order valence-corrected chi connectivity index (χ2v) is 5.65. The van der Waals surface area contributed by atoms with Crippen molar-refractivity contribution in [2.24, 2.45) is 7.05 Å². The van der Waals surface area contributed by atoms with E-state index in [1.807, 2.05) is 0 Å². The molecule has 17 heavy (non-hydrogen) atoms. The van der Waals surface area contributed by atoms with E-state index in [2.05, 4.69) is 15.1 Å². The third kappa shape index (κ3) is 3.41. The summed E-state index contributed by atoms with van der Waals surface area (Å²) in [6.45, 7) is 1.41. The molecule has 2 N–H and O–H groups in total. The van der Waals surface area contributed by atoms with Crippen LogP contribution in [0.5, 0.6) is 0 Å². The van der Waals surface area contributed by atoms with Gasteiger partial charge in [-0.05, 0) is 25.5 Å². The lowest BCUT2D eigenvalue weighted by Gasteiger charge is -2.11. The fourth-order valence-corrected chi connectivity index (χ4v) is 3.04. The lowest BCUT2D eigenvalue weighted by molar-refractivity contribution is 0.540. The van der Waals surface area contributed by atoms with Crippen molar-refractivity contribution in [2.45, 2.75) is 23.9 Å². The van der Waals surface area contributed by atoms with Gasteiger partial charge in [-0.3, -0.25) is 4.68 Å². The molecule has 0 aliphatic carbocycles. The van der Waals surface area contributed by atoms with Crippen molar-refractivity contribution in [1.82, 2.24) is 19.8 Å². The molecule has 1 aliphatic heterocycles. The summed E-state index contributed by atoms with van der Waals surface area (Å²) in [4.78, 5) is 0. The molecule has 1 aromatic rings. The first-order valence-electron chi connectivity index (χ1n) is 5.30. The molecule has 8 heteroatoms. The van der Waals surface area contributed by atoms with Gasteiger partial charge < -0.3 is 5.32 Å². The van der Waals surface area contributed by atoms with Crippen LogP contribution in [0, 0.1) is 0 Å². The number of nitrogens with zero attached hydrogens (tertiary/aromatic N) is 2. The Morgan fingerprint density at radius 3 is 2.94 bits per heavy atom. The third-order valence-electron chi connectivity index (χ3n) is 2.73. The molecule has 1 saturated heterocycles. The molecule has 0 spiro atoms. The van der Waals surface area contributed by atoms with Gasteiger partial charge in [0.2, 0.25) is 0 Å². The third-order valence-corrected chi connectivity index (χ3v) is 4.23. The summed E-state index contributed by atoms with van der Waals surface area (Å²) in [5, 5.41) is 7.28. The second kappa shape index (κ2) is 5.81. The number of aromatic nitrogens is 2. The largest absolute Gasteiger partial charge is 0.313 e. The van der Waals surface area contributed by atoms with Gasteiger partial charge in [0.25, 0.3) is 10.0 Å². The molecule has 0 radical (unpaired) electrons. The van der Waals surface area contributed by atoms with Crippen molar-refractivity contribution in [3.63, 3.8) is 0 Å². The first-order valence-corrected chi connectivity index (χ1v) is 6.79. The zero-order chi connectivity index (χ0) is 11.6. The van der Waals surface area contributed by atoms with Crippen LogP contribution >= 0.6 is 12.4 Å². The number of aryl methyl sites for hydroxylation is 1. The molecule has 1 atom stereocenters. The Bertz CT molecular complexity index is 453. The normalized spacial score (nSPS) is 20.2. The van der Waals surface area contributed by atoms with Gasteiger partial charge in [0.1, 0.15) is 0 Å². The van der Waals surface area contributed by atoms with Crippen molar-refractivity contribution >= 4 is 22.4 Å². The van der Waals surface area contributed by atoms with E-state index in [4.69, 9.17) is 0 Å². The average molecular weight is 281 g/mol. The number of halogens is 1. The monoisotopic (exact) mass is 280 g/mol. The summed E-state index contributed by atoms with van der Waals surface area (Å²) in [6.07, 6.45) is 3.61. The Balaban J connectivity index is 0.00000144. The average Bonchev–Trinajstić information content (AvgIpc) is 2.85. The van der Waals surface area contributed by atoms with Crippen LogP contribution in [0.2, 0.25) is 0 Å². The van der Waals surface area contributed by atoms with Crippen molar-refractivity contribution in [1.29, 1.82) is 0 Å². The smallest absolute Gasteiger partial charge is 0.257 e. The Labute approximate surface area is 107 Å². The molecule has 0 bridgehead atoms. The summed E-state index contributed by atoms with van der Waals surface area (Å²) >= 11 is 0. The summed E-state index contributed by atoms with van der Waals surface area (Å²) in [5.74, 6) is 0. The summed E-state index contributed by atoms with van der Waals surface area (Å²) < 4.78 is 27.7. The number of rotatable bonds is 4. The topological polar surface area (TPSA) is 76.0 Å². The highest BCUT2D eigenvalue weighted by Crippen LogP contribution is 2.08. The van der Waals surface area contributed by atoms with E-state index in [0.717, 1.165) is 19.4 Å². The van der Waals surface area contributed by atoms with Crippen LogP contribution in [0.25, 0.3) is 0 Å². The maximum Gasteiger partial charge on any atom is 0.257 e. The minimum atomic E-state index is -3.42. The summed E-state index contributed by atoms with van der Waals surface area (Å²) in [5.41, 5.74) is 0. The number of hydrogen-bond acceptors (Lipinski definition) is 4. The van der Waals surface area contributed by atoms with Gasteiger partial charge in [-0.2, -0.15) is 5.10 Å². The van der Waals surface area contributed by atoms with Crippen molar-refractivity contribution in [3.05, 3.63) is 12.3 Å². The molecule has 2 rings (SSSR count). The molecule has 1 aromatic heterocycles. The molecular weight excluding hydrogens is 264 g/mol. The lowest BCUT2D eigenvalue weighted by Crippen LogP contribution is -2.37. The minimum absolute atomic E-state index is 0. The Hall–Kier alpha value is -0.630. The highest BCUT2D eigenvalue weighted by Gasteiger charge is 2.21. The van der Waals surface area contributed by atoms with Gasteiger partial charge in [0.05, 0.1) is 6.20 Å². The molecule has 2 heterocycles. The van der Waals surface area contributed by atoms with Gasteiger partial charge >= 0.3 is 0 Å². The molecule has 0 amide bonds. The van der Waals surface area contributed by atoms with Crippen molar-refractivity contribution in [2.75, 3.05) is 13.1 Å². The fourth-order valence-electron chi connectivity index (χ4n) is 1.84. The zero-order valence-corrected chi connectivity index (χ0v) is 11.2. The van der Waals surface area contributed by atoms with Crippen molar-refractivity contribution < 1.29 is 8.42 Å². The van der Waals surface area contributed by atoms with Crippen LogP contribution in [0.4, 0.5) is 0 Å². The van der Waals surface area contributed by atoms with E-state index in [9.17, 15) is 8.42 Å². The minimum Gasteiger partial charge on any atom is -0.313 e. The van der Waals surface area contributed by atoms with Crippen LogP contribution in [-0.2, 0) is 17.1 Å². The van der Waals surface area contributed by atoms with Crippen LogP contribution < -0.4 is 10.0 Å². The van der Waals surface area contributed by atoms with E-state index >= 15 is 0 Å². The molecule has 1 aliphatic rings.